The van der Waals surface area contributed by atoms with Gasteiger partial charge in [0.25, 0.3) is 0 Å². The van der Waals surface area contributed by atoms with Crippen molar-refractivity contribution in [3.05, 3.63) is 0 Å². The topological polar surface area (TPSA) is 66.5 Å². The molecule has 1 unspecified atom stereocenters. The molecule has 1 aliphatic heterocycles. The SMILES string of the molecule is CS(=O)CCCN1CCC(=O)NC2(CCCCC2)C1=O. The van der Waals surface area contributed by atoms with Gasteiger partial charge in [-0.1, -0.05) is 19.3 Å². The van der Waals surface area contributed by atoms with Crippen molar-refractivity contribution in [1.82, 2.24) is 10.2 Å². The normalized spacial score (nSPS) is 24.4. The summed E-state index contributed by atoms with van der Waals surface area (Å²) >= 11 is 0. The maximum atomic E-state index is 12.8. The van der Waals surface area contributed by atoms with Gasteiger partial charge in [0.05, 0.1) is 0 Å². The molecule has 6 heteroatoms. The van der Waals surface area contributed by atoms with Crippen LogP contribution in [-0.2, 0) is 20.4 Å². The fraction of sp³-hybridized carbons (Fsp3) is 0.857. The zero-order valence-electron chi connectivity index (χ0n) is 12.2. The second kappa shape index (κ2) is 6.70. The Bertz CT molecular complexity index is 405. The average molecular weight is 300 g/mol. The molecular formula is C14H24N2O3S. The van der Waals surface area contributed by atoms with Crippen LogP contribution < -0.4 is 5.32 Å². The number of hydrogen-bond donors (Lipinski definition) is 1. The van der Waals surface area contributed by atoms with Gasteiger partial charge in [-0.3, -0.25) is 13.8 Å². The molecule has 0 aromatic carbocycles. The number of rotatable bonds is 4. The fourth-order valence-corrected chi connectivity index (χ4v) is 3.73. The minimum atomic E-state index is -0.826. The number of hydrogen-bond acceptors (Lipinski definition) is 3. The molecule has 2 fully saturated rings. The van der Waals surface area contributed by atoms with Crippen LogP contribution in [-0.4, -0.2) is 51.6 Å². The molecule has 0 aromatic rings. The molecule has 5 nitrogen and oxygen atoms in total. The lowest BCUT2D eigenvalue weighted by Crippen LogP contribution is -2.58. The molecule has 1 atom stereocenters. The predicted octanol–water partition coefficient (Wildman–Crippen LogP) is 0.806. The Kier molecular flexibility index (Phi) is 5.18. The van der Waals surface area contributed by atoms with Crippen LogP contribution in [0.1, 0.15) is 44.9 Å². The zero-order chi connectivity index (χ0) is 14.6. The summed E-state index contributed by atoms with van der Waals surface area (Å²) in [7, 11) is -0.826. The molecule has 0 radical (unpaired) electrons. The van der Waals surface area contributed by atoms with E-state index in [1.54, 1.807) is 11.2 Å². The summed E-state index contributed by atoms with van der Waals surface area (Å²) in [6.45, 7) is 1.10. The molecule has 0 bridgehead atoms. The van der Waals surface area contributed by atoms with E-state index in [1.165, 1.54) is 0 Å². The first-order chi connectivity index (χ1) is 9.53. The van der Waals surface area contributed by atoms with E-state index in [0.717, 1.165) is 38.5 Å². The van der Waals surface area contributed by atoms with E-state index < -0.39 is 16.3 Å². The van der Waals surface area contributed by atoms with E-state index in [1.807, 2.05) is 0 Å². The Morgan fingerprint density at radius 2 is 1.95 bits per heavy atom. The van der Waals surface area contributed by atoms with Gasteiger partial charge in [0.2, 0.25) is 11.8 Å². The minimum Gasteiger partial charge on any atom is -0.342 e. The molecule has 1 heterocycles. The number of nitrogens with zero attached hydrogens (tertiary/aromatic N) is 1. The first-order valence-corrected chi connectivity index (χ1v) is 9.17. The van der Waals surface area contributed by atoms with Gasteiger partial charge in [-0.2, -0.15) is 0 Å². The van der Waals surface area contributed by atoms with Crippen molar-refractivity contribution >= 4 is 22.6 Å². The first kappa shape index (κ1) is 15.5. The number of nitrogens with one attached hydrogen (secondary N) is 1. The highest BCUT2D eigenvalue weighted by atomic mass is 32.2. The molecule has 1 aliphatic carbocycles. The van der Waals surface area contributed by atoms with Crippen LogP contribution in [0.5, 0.6) is 0 Å². The fourth-order valence-electron chi connectivity index (χ4n) is 3.19. The Hall–Kier alpha value is -0.910. The quantitative estimate of drug-likeness (QED) is 0.835. The highest BCUT2D eigenvalue weighted by Crippen LogP contribution is 2.31. The second-order valence-corrected chi connectivity index (χ2v) is 7.42. The molecule has 1 spiro atoms. The van der Waals surface area contributed by atoms with Gasteiger partial charge in [-0.05, 0) is 19.3 Å². The van der Waals surface area contributed by atoms with Crippen LogP contribution >= 0.6 is 0 Å². The largest absolute Gasteiger partial charge is 0.342 e. The van der Waals surface area contributed by atoms with Gasteiger partial charge in [0, 0.05) is 42.3 Å². The van der Waals surface area contributed by atoms with E-state index in [0.29, 0.717) is 25.3 Å². The van der Waals surface area contributed by atoms with Crippen molar-refractivity contribution in [2.24, 2.45) is 0 Å². The minimum absolute atomic E-state index is 0.0122. The van der Waals surface area contributed by atoms with Crippen LogP contribution in [0.25, 0.3) is 0 Å². The molecule has 20 heavy (non-hydrogen) atoms. The van der Waals surface area contributed by atoms with E-state index in [4.69, 9.17) is 0 Å². The average Bonchev–Trinajstić information content (AvgIpc) is 2.51. The van der Waals surface area contributed by atoms with Crippen molar-refractivity contribution in [3.8, 4) is 0 Å². The van der Waals surface area contributed by atoms with Crippen LogP contribution in [0, 0.1) is 0 Å². The van der Waals surface area contributed by atoms with Gasteiger partial charge < -0.3 is 10.2 Å². The Balaban J connectivity index is 2.06. The predicted molar refractivity (Wildman–Crippen MR) is 78.7 cm³/mol. The van der Waals surface area contributed by atoms with Gasteiger partial charge in [-0.25, -0.2) is 0 Å². The van der Waals surface area contributed by atoms with Gasteiger partial charge in [-0.15, -0.1) is 0 Å². The van der Waals surface area contributed by atoms with Crippen molar-refractivity contribution in [2.75, 3.05) is 25.1 Å². The summed E-state index contributed by atoms with van der Waals surface area (Å²) in [6.07, 6.45) is 7.44. The third kappa shape index (κ3) is 3.59. The molecule has 1 saturated carbocycles. The molecule has 0 aromatic heterocycles. The summed E-state index contributed by atoms with van der Waals surface area (Å²) in [4.78, 5) is 26.5. The molecule has 114 valence electrons. The lowest BCUT2D eigenvalue weighted by Gasteiger charge is -2.38. The molecule has 1 saturated heterocycles. The van der Waals surface area contributed by atoms with E-state index in [9.17, 15) is 13.8 Å². The maximum absolute atomic E-state index is 12.8. The third-order valence-electron chi connectivity index (χ3n) is 4.25. The summed E-state index contributed by atoms with van der Waals surface area (Å²) in [5, 5.41) is 2.98. The van der Waals surface area contributed by atoms with Crippen LogP contribution in [0.2, 0.25) is 0 Å². The van der Waals surface area contributed by atoms with Crippen molar-refractivity contribution < 1.29 is 13.8 Å². The second-order valence-electron chi connectivity index (χ2n) is 5.86. The van der Waals surface area contributed by atoms with E-state index in [2.05, 4.69) is 5.32 Å². The first-order valence-electron chi connectivity index (χ1n) is 7.44. The molecule has 2 aliphatic rings. The zero-order valence-corrected chi connectivity index (χ0v) is 13.0. The van der Waals surface area contributed by atoms with Crippen LogP contribution in [0.3, 0.4) is 0 Å². The maximum Gasteiger partial charge on any atom is 0.248 e. The van der Waals surface area contributed by atoms with Gasteiger partial charge >= 0.3 is 0 Å². The van der Waals surface area contributed by atoms with Crippen LogP contribution in [0.4, 0.5) is 0 Å². The summed E-state index contributed by atoms with van der Waals surface area (Å²) < 4.78 is 11.1. The van der Waals surface area contributed by atoms with Gasteiger partial charge in [0.1, 0.15) is 5.54 Å². The number of carbonyl (C=O) groups excluding carboxylic acids is 2. The third-order valence-corrected chi connectivity index (χ3v) is 5.11. The molecule has 1 N–H and O–H groups in total. The highest BCUT2D eigenvalue weighted by molar-refractivity contribution is 7.84. The lowest BCUT2D eigenvalue weighted by molar-refractivity contribution is -0.140. The van der Waals surface area contributed by atoms with E-state index >= 15 is 0 Å². The van der Waals surface area contributed by atoms with Crippen molar-refractivity contribution in [2.45, 2.75) is 50.5 Å². The monoisotopic (exact) mass is 300 g/mol. The number of amides is 2. The Morgan fingerprint density at radius 1 is 1.25 bits per heavy atom. The summed E-state index contributed by atoms with van der Waals surface area (Å²) in [6, 6.07) is 0. The Morgan fingerprint density at radius 3 is 2.60 bits per heavy atom. The molecular weight excluding hydrogens is 276 g/mol. The molecule has 2 rings (SSSR count). The number of carbonyl (C=O) groups is 2. The highest BCUT2D eigenvalue weighted by Gasteiger charge is 2.44. The van der Waals surface area contributed by atoms with Crippen molar-refractivity contribution in [3.63, 3.8) is 0 Å². The van der Waals surface area contributed by atoms with Crippen molar-refractivity contribution in [1.29, 1.82) is 0 Å². The smallest absolute Gasteiger partial charge is 0.248 e. The summed E-state index contributed by atoms with van der Waals surface area (Å²) in [5.41, 5.74) is -0.656. The van der Waals surface area contributed by atoms with Crippen LogP contribution in [0.15, 0.2) is 0 Å². The molecule has 2 amide bonds. The summed E-state index contributed by atoms with van der Waals surface area (Å²) in [5.74, 6) is 0.671. The standard InChI is InChI=1S/C14H24N2O3S/c1-20(19)11-5-9-16-10-6-12(17)15-14(13(16)18)7-3-2-4-8-14/h2-11H2,1H3,(H,15,17). The van der Waals surface area contributed by atoms with E-state index in [-0.39, 0.29) is 11.8 Å². The lowest BCUT2D eigenvalue weighted by atomic mass is 9.80. The van der Waals surface area contributed by atoms with Gasteiger partial charge in [0.15, 0.2) is 0 Å². The Labute approximate surface area is 122 Å².